The number of alkyl halides is 3. The molecule has 20 heavy (non-hydrogen) atoms. The highest BCUT2D eigenvalue weighted by molar-refractivity contribution is 7.85. The van der Waals surface area contributed by atoms with Crippen molar-refractivity contribution in [2.75, 3.05) is 11.5 Å². The highest BCUT2D eigenvalue weighted by atomic mass is 32.2. The number of aryl methyl sites for hydroxylation is 1. The Balaban J connectivity index is 2.10. The molecule has 2 N–H and O–H groups in total. The summed E-state index contributed by atoms with van der Waals surface area (Å²) in [5.41, 5.74) is 4.67. The molecule has 2 nitrogen and oxygen atoms in total. The zero-order valence-electron chi connectivity index (χ0n) is 10.3. The van der Waals surface area contributed by atoms with Crippen LogP contribution in [-0.4, -0.2) is 9.96 Å². The van der Waals surface area contributed by atoms with Gasteiger partial charge in [0.1, 0.15) is 0 Å². The Kier molecular flexibility index (Phi) is 4.49. The highest BCUT2D eigenvalue weighted by Crippen LogP contribution is 2.32. The Morgan fingerprint density at radius 1 is 1.25 bits per heavy atom. The third-order valence-corrected chi connectivity index (χ3v) is 5.07. The molecule has 0 radical (unpaired) electrons. The van der Waals surface area contributed by atoms with Gasteiger partial charge in [0.2, 0.25) is 0 Å². The molecule has 1 unspecified atom stereocenters. The van der Waals surface area contributed by atoms with Gasteiger partial charge in [0.05, 0.1) is 21.3 Å². The maximum Gasteiger partial charge on any atom is 0.416 e. The Bertz CT molecular complexity index is 609. The minimum absolute atomic E-state index is 0.0793. The zero-order chi connectivity index (χ0) is 14.8. The van der Waals surface area contributed by atoms with Crippen molar-refractivity contribution in [3.63, 3.8) is 0 Å². The van der Waals surface area contributed by atoms with Gasteiger partial charge in [-0.15, -0.1) is 11.3 Å². The van der Waals surface area contributed by atoms with E-state index in [1.807, 2.05) is 17.5 Å². The van der Waals surface area contributed by atoms with Gasteiger partial charge in [-0.05, 0) is 36.1 Å². The third-order valence-electron chi connectivity index (χ3n) is 2.70. The largest absolute Gasteiger partial charge is 0.416 e. The van der Waals surface area contributed by atoms with Crippen LogP contribution in [0.15, 0.2) is 40.6 Å². The Hall–Kier alpha value is -1.34. The van der Waals surface area contributed by atoms with Gasteiger partial charge in [0.25, 0.3) is 0 Å². The van der Waals surface area contributed by atoms with E-state index in [9.17, 15) is 17.4 Å². The fourth-order valence-corrected chi connectivity index (χ4v) is 3.70. The Morgan fingerprint density at radius 2 is 2.00 bits per heavy atom. The summed E-state index contributed by atoms with van der Waals surface area (Å²) in [5.74, 6) is 0.343. The standard InChI is InChI=1S/C13H12F3NOS2/c14-13(15,16)9-3-4-12(11(17)8-9)20(18)7-5-10-2-1-6-19-10/h1-4,6,8H,5,7,17H2. The summed E-state index contributed by atoms with van der Waals surface area (Å²) in [6, 6.07) is 6.77. The van der Waals surface area contributed by atoms with Crippen molar-refractivity contribution in [1.29, 1.82) is 0 Å². The van der Waals surface area contributed by atoms with Crippen LogP contribution in [0, 0.1) is 0 Å². The van der Waals surface area contributed by atoms with E-state index in [1.54, 1.807) is 11.3 Å². The molecule has 2 aromatic rings. The second-order valence-electron chi connectivity index (χ2n) is 4.13. The summed E-state index contributed by atoms with van der Waals surface area (Å²) < 4.78 is 49.6. The number of rotatable bonds is 4. The second-order valence-corrected chi connectivity index (χ2v) is 6.70. The number of thiophene rings is 1. The Morgan fingerprint density at radius 3 is 2.55 bits per heavy atom. The van der Waals surface area contributed by atoms with E-state index in [4.69, 9.17) is 5.73 Å². The molecule has 2 rings (SSSR count). The molecule has 0 amide bonds. The summed E-state index contributed by atoms with van der Waals surface area (Å²) in [4.78, 5) is 1.35. The van der Waals surface area contributed by atoms with E-state index < -0.39 is 22.5 Å². The van der Waals surface area contributed by atoms with Gasteiger partial charge in [-0.1, -0.05) is 6.07 Å². The van der Waals surface area contributed by atoms with Crippen LogP contribution in [0.5, 0.6) is 0 Å². The maximum absolute atomic E-state index is 12.5. The van der Waals surface area contributed by atoms with Crippen molar-refractivity contribution in [2.24, 2.45) is 0 Å². The van der Waals surface area contributed by atoms with Crippen LogP contribution < -0.4 is 5.73 Å². The normalized spacial score (nSPS) is 13.3. The number of hydrogen-bond donors (Lipinski definition) is 1. The lowest BCUT2D eigenvalue weighted by molar-refractivity contribution is -0.137. The zero-order valence-corrected chi connectivity index (χ0v) is 11.9. The Labute approximate surface area is 120 Å². The first-order valence-corrected chi connectivity index (χ1v) is 7.95. The lowest BCUT2D eigenvalue weighted by atomic mass is 10.2. The number of anilines is 1. The second kappa shape index (κ2) is 5.97. The van der Waals surface area contributed by atoms with E-state index >= 15 is 0 Å². The highest BCUT2D eigenvalue weighted by Gasteiger charge is 2.31. The fourth-order valence-electron chi connectivity index (χ4n) is 1.69. The number of hydrogen-bond acceptors (Lipinski definition) is 3. The maximum atomic E-state index is 12.5. The number of halogens is 3. The summed E-state index contributed by atoms with van der Waals surface area (Å²) in [6.07, 6.45) is -3.82. The van der Waals surface area contributed by atoms with Gasteiger partial charge < -0.3 is 5.73 Å². The van der Waals surface area contributed by atoms with E-state index in [1.165, 1.54) is 6.07 Å². The van der Waals surface area contributed by atoms with Crippen LogP contribution >= 0.6 is 11.3 Å². The lowest BCUT2D eigenvalue weighted by Crippen LogP contribution is -2.09. The fraction of sp³-hybridized carbons (Fsp3) is 0.231. The van der Waals surface area contributed by atoms with Crippen molar-refractivity contribution in [2.45, 2.75) is 17.5 Å². The van der Waals surface area contributed by atoms with Crippen LogP contribution in [0.25, 0.3) is 0 Å². The number of nitrogens with two attached hydrogens (primary N) is 1. The molecule has 1 heterocycles. The van der Waals surface area contributed by atoms with E-state index in [0.29, 0.717) is 12.2 Å². The van der Waals surface area contributed by atoms with E-state index in [0.717, 1.165) is 17.0 Å². The smallest absolute Gasteiger partial charge is 0.398 e. The van der Waals surface area contributed by atoms with Crippen LogP contribution in [-0.2, 0) is 23.4 Å². The minimum Gasteiger partial charge on any atom is -0.398 e. The predicted octanol–water partition coefficient (Wildman–Crippen LogP) is 3.70. The molecule has 0 saturated heterocycles. The molecule has 0 aliphatic rings. The van der Waals surface area contributed by atoms with Crippen LogP contribution in [0.4, 0.5) is 18.9 Å². The topological polar surface area (TPSA) is 43.1 Å². The molecule has 108 valence electrons. The minimum atomic E-state index is -4.44. The van der Waals surface area contributed by atoms with Crippen molar-refractivity contribution in [3.05, 3.63) is 46.2 Å². The summed E-state index contributed by atoms with van der Waals surface area (Å²) >= 11 is 1.56. The first-order valence-electron chi connectivity index (χ1n) is 5.75. The SMILES string of the molecule is Nc1cc(C(F)(F)F)ccc1S(=O)CCc1cccs1. The van der Waals surface area contributed by atoms with E-state index in [-0.39, 0.29) is 10.6 Å². The van der Waals surface area contributed by atoms with Crippen LogP contribution in [0.3, 0.4) is 0 Å². The quantitative estimate of drug-likeness (QED) is 0.873. The van der Waals surface area contributed by atoms with Crippen molar-refractivity contribution in [1.82, 2.24) is 0 Å². The predicted molar refractivity (Wildman–Crippen MR) is 75.2 cm³/mol. The van der Waals surface area contributed by atoms with Crippen molar-refractivity contribution >= 4 is 27.8 Å². The molecule has 1 aromatic carbocycles. The third kappa shape index (κ3) is 3.61. The summed E-state index contributed by atoms with van der Waals surface area (Å²) in [5, 5.41) is 1.92. The molecular formula is C13H12F3NOS2. The molecule has 0 spiro atoms. The average Bonchev–Trinajstić information content (AvgIpc) is 2.87. The molecule has 7 heteroatoms. The molecule has 0 bridgehead atoms. The van der Waals surface area contributed by atoms with Crippen molar-refractivity contribution in [3.8, 4) is 0 Å². The van der Waals surface area contributed by atoms with Gasteiger partial charge >= 0.3 is 6.18 Å². The first kappa shape index (κ1) is 15.1. The van der Waals surface area contributed by atoms with E-state index in [2.05, 4.69) is 0 Å². The van der Waals surface area contributed by atoms with Gasteiger partial charge in [0, 0.05) is 16.3 Å². The molecule has 1 aromatic heterocycles. The average molecular weight is 319 g/mol. The first-order chi connectivity index (χ1) is 9.38. The number of benzene rings is 1. The lowest BCUT2D eigenvalue weighted by Gasteiger charge is -2.10. The van der Waals surface area contributed by atoms with Crippen LogP contribution in [0.1, 0.15) is 10.4 Å². The van der Waals surface area contributed by atoms with Crippen molar-refractivity contribution < 1.29 is 17.4 Å². The van der Waals surface area contributed by atoms with Gasteiger partial charge in [-0.25, -0.2) is 0 Å². The molecule has 0 saturated carbocycles. The molecule has 0 aliphatic heterocycles. The summed E-state index contributed by atoms with van der Waals surface area (Å²) in [6.45, 7) is 0. The van der Waals surface area contributed by atoms with Gasteiger partial charge in [-0.2, -0.15) is 13.2 Å². The van der Waals surface area contributed by atoms with Gasteiger partial charge in [-0.3, -0.25) is 4.21 Å². The summed E-state index contributed by atoms with van der Waals surface area (Å²) in [7, 11) is -1.40. The van der Waals surface area contributed by atoms with Gasteiger partial charge in [0.15, 0.2) is 0 Å². The number of nitrogen functional groups attached to an aromatic ring is 1. The molecule has 0 aliphatic carbocycles. The molecular weight excluding hydrogens is 307 g/mol. The monoisotopic (exact) mass is 319 g/mol. The molecule has 0 fully saturated rings. The molecule has 1 atom stereocenters. The van der Waals surface area contributed by atoms with Crippen LogP contribution in [0.2, 0.25) is 0 Å².